The molecule has 32 heavy (non-hydrogen) atoms. The summed E-state index contributed by atoms with van der Waals surface area (Å²) in [5, 5.41) is 2.77. The molecule has 2 amide bonds. The topological polar surface area (TPSA) is 78.4 Å². The highest BCUT2D eigenvalue weighted by atomic mass is 16.2. The molecule has 7 nitrogen and oxygen atoms in total. The van der Waals surface area contributed by atoms with Crippen LogP contribution < -0.4 is 5.32 Å². The number of benzene rings is 1. The van der Waals surface area contributed by atoms with Crippen LogP contribution >= 0.6 is 0 Å². The fourth-order valence-corrected chi connectivity index (χ4v) is 4.45. The van der Waals surface area contributed by atoms with E-state index in [0.717, 1.165) is 55.1 Å². The molecule has 1 aromatic heterocycles. The first kappa shape index (κ1) is 22.4. The Kier molecular flexibility index (Phi) is 6.84. The summed E-state index contributed by atoms with van der Waals surface area (Å²) >= 11 is 0. The smallest absolute Gasteiger partial charge is 0.225 e. The summed E-state index contributed by atoms with van der Waals surface area (Å²) in [6, 6.07) is 8.77. The Morgan fingerprint density at radius 1 is 1.03 bits per heavy atom. The average molecular weight is 436 g/mol. The molecule has 1 aromatic carbocycles. The fourth-order valence-electron chi connectivity index (χ4n) is 4.45. The molecule has 2 fully saturated rings. The molecule has 7 heteroatoms. The van der Waals surface area contributed by atoms with Crippen molar-refractivity contribution in [3.05, 3.63) is 42.4 Å². The third-order valence-corrected chi connectivity index (χ3v) is 6.31. The van der Waals surface area contributed by atoms with Crippen LogP contribution in [0.2, 0.25) is 0 Å². The van der Waals surface area contributed by atoms with Crippen LogP contribution in [0.3, 0.4) is 0 Å². The van der Waals surface area contributed by atoms with Gasteiger partial charge in [-0.3, -0.25) is 24.5 Å². The number of nitrogens with zero attached hydrogens (tertiary/aromatic N) is 4. The third kappa shape index (κ3) is 5.51. The molecule has 0 radical (unpaired) electrons. The van der Waals surface area contributed by atoms with Gasteiger partial charge in [0.15, 0.2) is 0 Å². The zero-order valence-corrected chi connectivity index (χ0v) is 19.3. The van der Waals surface area contributed by atoms with E-state index in [1.807, 2.05) is 55.4 Å². The average Bonchev–Trinajstić information content (AvgIpc) is 3.63. The van der Waals surface area contributed by atoms with E-state index in [2.05, 4.69) is 15.2 Å². The lowest BCUT2D eigenvalue weighted by molar-refractivity contribution is -0.136. The number of piperidine rings is 1. The summed E-state index contributed by atoms with van der Waals surface area (Å²) < 4.78 is 0. The van der Waals surface area contributed by atoms with Crippen LogP contribution in [-0.2, 0) is 16.1 Å². The number of hydrogen-bond acceptors (Lipinski definition) is 5. The molecule has 0 atom stereocenters. The van der Waals surface area contributed by atoms with Crippen LogP contribution in [0.25, 0.3) is 11.3 Å². The lowest BCUT2D eigenvalue weighted by Gasteiger charge is -2.39. The van der Waals surface area contributed by atoms with Crippen LogP contribution in [0, 0.1) is 5.92 Å². The lowest BCUT2D eigenvalue weighted by atomic mass is 10.0. The molecule has 2 heterocycles. The monoisotopic (exact) mass is 435 g/mol. The normalized spacial score (nSPS) is 17.1. The van der Waals surface area contributed by atoms with Gasteiger partial charge in [0, 0.05) is 55.8 Å². The van der Waals surface area contributed by atoms with Crippen molar-refractivity contribution in [2.45, 2.75) is 65.1 Å². The Bertz CT molecular complexity index is 930. The Labute approximate surface area is 190 Å². The number of nitrogens with one attached hydrogen (secondary N) is 1. The van der Waals surface area contributed by atoms with Gasteiger partial charge in [0.25, 0.3) is 0 Å². The first-order valence-corrected chi connectivity index (χ1v) is 11.6. The van der Waals surface area contributed by atoms with Crippen molar-refractivity contribution in [3.8, 4) is 11.3 Å². The van der Waals surface area contributed by atoms with Gasteiger partial charge in [0.2, 0.25) is 11.8 Å². The second-order valence-corrected chi connectivity index (χ2v) is 9.27. The number of carbonyl (C=O) groups excluding carboxylic acids is 2. The summed E-state index contributed by atoms with van der Waals surface area (Å²) in [7, 11) is 0. The largest absolute Gasteiger partial charge is 0.342 e. The molecule has 1 saturated heterocycles. The highest BCUT2D eigenvalue weighted by Gasteiger charge is 2.36. The minimum absolute atomic E-state index is 0.0708. The molecule has 1 aliphatic heterocycles. The van der Waals surface area contributed by atoms with Crippen molar-refractivity contribution < 1.29 is 9.59 Å². The summed E-state index contributed by atoms with van der Waals surface area (Å²) in [6.45, 7) is 7.96. The van der Waals surface area contributed by atoms with Crippen LogP contribution in [0.1, 0.15) is 52.1 Å². The maximum absolute atomic E-state index is 12.3. The van der Waals surface area contributed by atoms with E-state index in [1.165, 1.54) is 19.8 Å². The van der Waals surface area contributed by atoms with Crippen LogP contribution in [-0.4, -0.2) is 56.8 Å². The first-order chi connectivity index (χ1) is 15.4. The van der Waals surface area contributed by atoms with E-state index >= 15 is 0 Å². The van der Waals surface area contributed by atoms with Crippen molar-refractivity contribution >= 4 is 17.5 Å². The Morgan fingerprint density at radius 3 is 2.22 bits per heavy atom. The van der Waals surface area contributed by atoms with Gasteiger partial charge in [-0.2, -0.15) is 0 Å². The molecule has 0 spiro atoms. The van der Waals surface area contributed by atoms with Gasteiger partial charge in [-0.25, -0.2) is 0 Å². The second-order valence-electron chi connectivity index (χ2n) is 9.27. The predicted octanol–water partition coefficient (Wildman–Crippen LogP) is 3.71. The molecular weight excluding hydrogens is 402 g/mol. The second kappa shape index (κ2) is 9.77. The van der Waals surface area contributed by atoms with Crippen LogP contribution in [0.5, 0.6) is 0 Å². The van der Waals surface area contributed by atoms with Gasteiger partial charge >= 0.3 is 0 Å². The Morgan fingerprint density at radius 2 is 1.69 bits per heavy atom. The summed E-state index contributed by atoms with van der Waals surface area (Å²) in [5.74, 6) is 0.258. The maximum atomic E-state index is 12.3. The van der Waals surface area contributed by atoms with Gasteiger partial charge < -0.3 is 10.2 Å². The molecule has 2 aliphatic rings. The molecule has 0 unspecified atom stereocenters. The molecule has 0 bridgehead atoms. The van der Waals surface area contributed by atoms with Gasteiger partial charge in [-0.1, -0.05) is 26.0 Å². The van der Waals surface area contributed by atoms with Crippen molar-refractivity contribution in [1.82, 2.24) is 19.8 Å². The van der Waals surface area contributed by atoms with Gasteiger partial charge in [-0.05, 0) is 37.8 Å². The van der Waals surface area contributed by atoms with Crippen molar-refractivity contribution in [1.29, 1.82) is 0 Å². The highest BCUT2D eigenvalue weighted by molar-refractivity contribution is 5.88. The highest BCUT2D eigenvalue weighted by Crippen LogP contribution is 2.33. The molecular formula is C25H33N5O2. The fraction of sp³-hybridized carbons (Fsp3) is 0.520. The zero-order valence-electron chi connectivity index (χ0n) is 19.3. The van der Waals surface area contributed by atoms with E-state index in [4.69, 9.17) is 4.98 Å². The minimum atomic E-state index is -0.0840. The SMILES string of the molecule is CC(=O)Nc1ccc(-c2cnc(CN(C3CC3)C3CCN(C(=O)C(C)C)CC3)cn2)cc1. The molecule has 170 valence electrons. The van der Waals surface area contributed by atoms with Gasteiger partial charge in [0.05, 0.1) is 23.8 Å². The van der Waals surface area contributed by atoms with Crippen LogP contribution in [0.4, 0.5) is 5.69 Å². The standard InChI is InChI=1S/C25H33N5O2/c1-17(2)25(32)29-12-10-23(11-13-29)30(22-8-9-22)16-21-14-27-24(15-26-21)19-4-6-20(7-5-19)28-18(3)31/h4-7,14-15,17,22-23H,8-13,16H2,1-3H3,(H,28,31). The summed E-state index contributed by atoms with van der Waals surface area (Å²) in [6.07, 6.45) is 8.26. The maximum Gasteiger partial charge on any atom is 0.225 e. The quantitative estimate of drug-likeness (QED) is 0.717. The number of rotatable bonds is 7. The van der Waals surface area contributed by atoms with E-state index in [9.17, 15) is 9.59 Å². The minimum Gasteiger partial charge on any atom is -0.342 e. The first-order valence-electron chi connectivity index (χ1n) is 11.6. The molecule has 4 rings (SSSR count). The summed E-state index contributed by atoms with van der Waals surface area (Å²) in [4.78, 5) is 37.4. The van der Waals surface area contributed by atoms with Gasteiger partial charge in [-0.15, -0.1) is 0 Å². The van der Waals surface area contributed by atoms with Crippen LogP contribution in [0.15, 0.2) is 36.7 Å². The lowest BCUT2D eigenvalue weighted by Crippen LogP contribution is -2.48. The molecule has 2 aromatic rings. The van der Waals surface area contributed by atoms with Gasteiger partial charge in [0.1, 0.15) is 0 Å². The van der Waals surface area contributed by atoms with Crippen molar-refractivity contribution in [2.24, 2.45) is 5.92 Å². The van der Waals surface area contributed by atoms with E-state index in [-0.39, 0.29) is 17.7 Å². The number of anilines is 1. The van der Waals surface area contributed by atoms with E-state index < -0.39 is 0 Å². The number of likely N-dealkylation sites (tertiary alicyclic amines) is 1. The number of hydrogen-bond donors (Lipinski definition) is 1. The number of aromatic nitrogens is 2. The van der Waals surface area contributed by atoms with Crippen molar-refractivity contribution in [2.75, 3.05) is 18.4 Å². The predicted molar refractivity (Wildman–Crippen MR) is 125 cm³/mol. The number of carbonyl (C=O) groups is 2. The third-order valence-electron chi connectivity index (χ3n) is 6.31. The van der Waals surface area contributed by atoms with E-state index in [1.54, 1.807) is 0 Å². The molecule has 1 aliphatic carbocycles. The molecule has 1 saturated carbocycles. The number of amides is 2. The Balaban J connectivity index is 1.37. The summed E-state index contributed by atoms with van der Waals surface area (Å²) in [5.41, 5.74) is 3.55. The van der Waals surface area contributed by atoms with E-state index in [0.29, 0.717) is 12.1 Å². The molecule has 1 N–H and O–H groups in total. The zero-order chi connectivity index (χ0) is 22.7. The Hall–Kier alpha value is -2.80. The van der Waals surface area contributed by atoms with Crippen molar-refractivity contribution in [3.63, 3.8) is 0 Å².